The highest BCUT2D eigenvalue weighted by Gasteiger charge is 2.64. The van der Waals surface area contributed by atoms with Gasteiger partial charge in [-0.05, 0) is 65.0 Å². The molecule has 0 amide bonds. The average Bonchev–Trinajstić information content (AvgIpc) is 3.50. The van der Waals surface area contributed by atoms with Gasteiger partial charge in [0.15, 0.2) is 0 Å². The molecule has 2 bridgehead atoms. The van der Waals surface area contributed by atoms with Crippen molar-refractivity contribution in [1.29, 1.82) is 0 Å². The van der Waals surface area contributed by atoms with Gasteiger partial charge in [-0.2, -0.15) is 0 Å². The Kier molecular flexibility index (Phi) is 6.32. The number of carbonyl (C=O) groups excluding carboxylic acids is 3. The number of ketones is 1. The number of rotatable bonds is 4. The zero-order chi connectivity index (χ0) is 26.7. The molecule has 3 aliphatic carbocycles. The van der Waals surface area contributed by atoms with Gasteiger partial charge in [0, 0.05) is 24.2 Å². The van der Waals surface area contributed by atoms with Crippen LogP contribution in [0.25, 0.3) is 0 Å². The molecule has 0 saturated heterocycles. The summed E-state index contributed by atoms with van der Waals surface area (Å²) in [5, 5.41) is 0. The number of benzene rings is 2. The molecule has 0 aliphatic heterocycles. The molecule has 6 unspecified atom stereocenters. The van der Waals surface area contributed by atoms with Gasteiger partial charge in [0.25, 0.3) is 0 Å². The monoisotopic (exact) mass is 502 g/mol. The predicted octanol–water partition coefficient (Wildman–Crippen LogP) is 6.28. The van der Waals surface area contributed by atoms with Gasteiger partial charge in [-0.25, -0.2) is 9.59 Å². The van der Waals surface area contributed by atoms with Crippen molar-refractivity contribution in [2.75, 3.05) is 0 Å². The van der Waals surface area contributed by atoms with Crippen LogP contribution in [0.3, 0.4) is 0 Å². The summed E-state index contributed by atoms with van der Waals surface area (Å²) in [5.74, 6) is -0.524. The molecule has 0 N–H and O–H groups in total. The van der Waals surface area contributed by atoms with Crippen LogP contribution < -0.4 is 0 Å². The molecular weight excluding hydrogens is 464 g/mol. The molecule has 3 saturated carbocycles. The van der Waals surface area contributed by atoms with Gasteiger partial charge in [0.2, 0.25) is 0 Å². The lowest BCUT2D eigenvalue weighted by molar-refractivity contribution is -0.127. The molecule has 3 fully saturated rings. The first-order valence-corrected chi connectivity index (χ1v) is 13.5. The summed E-state index contributed by atoms with van der Waals surface area (Å²) >= 11 is 0. The van der Waals surface area contributed by atoms with E-state index in [1.54, 1.807) is 12.1 Å². The maximum atomic E-state index is 13.3. The number of hydrogen-bond acceptors (Lipinski definition) is 5. The molecule has 5 nitrogen and oxygen atoms in total. The van der Waals surface area contributed by atoms with E-state index in [0.717, 1.165) is 24.0 Å². The van der Waals surface area contributed by atoms with E-state index in [1.807, 2.05) is 36.4 Å². The van der Waals surface area contributed by atoms with Gasteiger partial charge in [-0.1, -0.05) is 65.8 Å². The molecule has 0 heterocycles. The Morgan fingerprint density at radius 2 is 1.22 bits per heavy atom. The van der Waals surface area contributed by atoms with Gasteiger partial charge in [-0.3, -0.25) is 4.79 Å². The number of carbonyl (C=O) groups is 3. The fraction of sp³-hybridized carbons (Fsp3) is 0.531. The Morgan fingerprint density at radius 1 is 0.730 bits per heavy atom. The molecule has 6 atom stereocenters. The second kappa shape index (κ2) is 9.11. The average molecular weight is 503 g/mol. The van der Waals surface area contributed by atoms with E-state index >= 15 is 0 Å². The van der Waals surface area contributed by atoms with Gasteiger partial charge in [-0.15, -0.1) is 0 Å². The van der Waals surface area contributed by atoms with E-state index in [4.69, 9.17) is 9.47 Å². The first kappa shape index (κ1) is 25.7. The van der Waals surface area contributed by atoms with Gasteiger partial charge in [0.1, 0.15) is 18.0 Å². The summed E-state index contributed by atoms with van der Waals surface area (Å²) in [5.41, 5.74) is 2.87. The van der Waals surface area contributed by atoms with Gasteiger partial charge < -0.3 is 9.47 Å². The fourth-order valence-corrected chi connectivity index (χ4v) is 6.69. The van der Waals surface area contributed by atoms with Crippen molar-refractivity contribution in [3.8, 4) is 0 Å². The molecule has 0 aromatic heterocycles. The van der Waals surface area contributed by atoms with Crippen LogP contribution in [-0.4, -0.2) is 29.9 Å². The van der Waals surface area contributed by atoms with Gasteiger partial charge >= 0.3 is 11.9 Å². The highest BCUT2D eigenvalue weighted by atomic mass is 16.6. The molecule has 0 radical (unpaired) electrons. The highest BCUT2D eigenvalue weighted by molar-refractivity contribution is 5.91. The fourth-order valence-electron chi connectivity index (χ4n) is 6.69. The Bertz CT molecular complexity index is 1230. The summed E-state index contributed by atoms with van der Waals surface area (Å²) in [6.07, 6.45) is 0.977. The lowest BCUT2D eigenvalue weighted by atomic mass is 9.78. The summed E-state index contributed by atoms with van der Waals surface area (Å²) in [6, 6.07) is 15.1. The maximum Gasteiger partial charge on any atom is 0.338 e. The summed E-state index contributed by atoms with van der Waals surface area (Å²) in [6.45, 7) is 12.6. The molecule has 37 heavy (non-hydrogen) atoms. The Labute approximate surface area is 219 Å². The van der Waals surface area contributed by atoms with Crippen LogP contribution in [-0.2, 0) is 25.1 Å². The van der Waals surface area contributed by atoms with E-state index in [-0.39, 0.29) is 40.3 Å². The minimum absolute atomic E-state index is 0.0370. The van der Waals surface area contributed by atoms with E-state index in [9.17, 15) is 14.4 Å². The van der Waals surface area contributed by atoms with Crippen molar-refractivity contribution in [2.24, 2.45) is 23.7 Å². The molecule has 5 heteroatoms. The first-order chi connectivity index (χ1) is 17.3. The summed E-state index contributed by atoms with van der Waals surface area (Å²) in [7, 11) is 0. The summed E-state index contributed by atoms with van der Waals surface area (Å²) < 4.78 is 12.3. The van der Waals surface area contributed by atoms with Crippen molar-refractivity contribution in [2.45, 2.75) is 83.8 Å². The van der Waals surface area contributed by atoms with Crippen molar-refractivity contribution >= 4 is 17.7 Å². The first-order valence-electron chi connectivity index (χ1n) is 13.5. The van der Waals surface area contributed by atoms with E-state index in [1.165, 1.54) is 0 Å². The van der Waals surface area contributed by atoms with Crippen LogP contribution in [0.5, 0.6) is 0 Å². The number of hydrogen-bond donors (Lipinski definition) is 0. The number of esters is 2. The Balaban J connectivity index is 1.41. The largest absolute Gasteiger partial charge is 0.455 e. The Morgan fingerprint density at radius 3 is 1.70 bits per heavy atom. The number of fused-ring (bicyclic) bond motifs is 5. The standard InChI is InChI=1S/C32H38O5/c1-31(2,3)20-11-7-9-18(15-20)29(34)36-27-23-17-24(26-22(23)13-14-25(26)33)28(27)37-30(35)19-10-8-12-21(16-19)32(4,5)6/h7-12,15-16,22-24,26-28H,13-14,17H2,1-6H3. The van der Waals surface area contributed by atoms with Crippen molar-refractivity contribution in [3.05, 3.63) is 70.8 Å². The molecule has 5 rings (SSSR count). The minimum Gasteiger partial charge on any atom is -0.455 e. The van der Waals surface area contributed by atoms with Crippen LogP contribution in [0, 0.1) is 23.7 Å². The van der Waals surface area contributed by atoms with Crippen LogP contribution in [0.1, 0.15) is 92.6 Å². The third-order valence-corrected chi connectivity index (χ3v) is 8.70. The second-order valence-electron chi connectivity index (χ2n) is 13.2. The minimum atomic E-state index is -0.617. The van der Waals surface area contributed by atoms with Crippen molar-refractivity contribution < 1.29 is 23.9 Å². The second-order valence-corrected chi connectivity index (χ2v) is 13.2. The molecule has 0 spiro atoms. The predicted molar refractivity (Wildman–Crippen MR) is 142 cm³/mol. The van der Waals surface area contributed by atoms with Crippen LogP contribution in [0.4, 0.5) is 0 Å². The zero-order valence-corrected chi connectivity index (χ0v) is 22.7. The number of ether oxygens (including phenoxy) is 2. The SMILES string of the molecule is CC(C)(C)c1cccc(C(=O)OC2C3CC(C2OC(=O)c2cccc(C(C)(C)C)c2)C2C(=O)CCC32)c1. The molecule has 3 aliphatic rings. The zero-order valence-electron chi connectivity index (χ0n) is 22.7. The Hall–Kier alpha value is -2.95. The lowest BCUT2D eigenvalue weighted by Crippen LogP contribution is -2.46. The topological polar surface area (TPSA) is 69.7 Å². The third kappa shape index (κ3) is 4.73. The molecule has 2 aromatic rings. The maximum absolute atomic E-state index is 13.3. The molecular formula is C32H38O5. The number of Topliss-reactive ketones (excluding diaryl/α,β-unsaturated/α-hetero) is 1. The smallest absolute Gasteiger partial charge is 0.338 e. The summed E-state index contributed by atoms with van der Waals surface area (Å²) in [4.78, 5) is 39.4. The van der Waals surface area contributed by atoms with Gasteiger partial charge in [0.05, 0.1) is 11.1 Å². The highest BCUT2D eigenvalue weighted by Crippen LogP contribution is 2.59. The van der Waals surface area contributed by atoms with Crippen molar-refractivity contribution in [1.82, 2.24) is 0 Å². The van der Waals surface area contributed by atoms with E-state index in [2.05, 4.69) is 41.5 Å². The normalized spacial score (nSPS) is 28.8. The van der Waals surface area contributed by atoms with Crippen molar-refractivity contribution in [3.63, 3.8) is 0 Å². The van der Waals surface area contributed by atoms with E-state index in [0.29, 0.717) is 17.5 Å². The molecule has 196 valence electrons. The van der Waals surface area contributed by atoms with Crippen LogP contribution in [0.2, 0.25) is 0 Å². The van der Waals surface area contributed by atoms with E-state index < -0.39 is 24.1 Å². The molecule has 2 aromatic carbocycles. The van der Waals surface area contributed by atoms with Crippen LogP contribution >= 0.6 is 0 Å². The van der Waals surface area contributed by atoms with Crippen LogP contribution in [0.15, 0.2) is 48.5 Å². The lowest BCUT2D eigenvalue weighted by Gasteiger charge is -2.36. The quantitative estimate of drug-likeness (QED) is 0.461. The third-order valence-electron chi connectivity index (χ3n) is 8.70.